The van der Waals surface area contributed by atoms with Crippen LogP contribution in [0.1, 0.15) is 71.0 Å². The number of halogens is 3. The molecule has 2 heterocycles. The van der Waals surface area contributed by atoms with Crippen LogP contribution in [-0.2, 0) is 6.42 Å². The van der Waals surface area contributed by atoms with Crippen molar-refractivity contribution >= 4 is 11.7 Å². The molecule has 0 saturated heterocycles. The van der Waals surface area contributed by atoms with Crippen molar-refractivity contribution in [1.29, 1.82) is 0 Å². The van der Waals surface area contributed by atoms with Crippen molar-refractivity contribution in [2.45, 2.75) is 57.0 Å². The topological polar surface area (TPSA) is 79.6 Å². The minimum atomic E-state index is -1.03. The Morgan fingerprint density at radius 3 is 2.38 bits per heavy atom. The number of nitrogens with zero attached hydrogens (tertiary/aromatic N) is 2. The van der Waals surface area contributed by atoms with Gasteiger partial charge in [-0.25, -0.2) is 13.2 Å². The standard InChI is InChI=1S/C23H23F3N2O4/c1-27-17-6-2-3-7-18(17)28-11-14(21(30)22(31)20(28)23(27)32)19(29)8-4-5-13-15(25)9-12(24)10-16(13)26/h9-11,17-18,31H,2-8H2,1H3/t17-,18+/m0/s1. The average Bonchev–Trinajstić information content (AvgIpc) is 2.75. The molecule has 1 saturated carbocycles. The summed E-state index contributed by atoms with van der Waals surface area (Å²) in [5, 5.41) is 10.5. The van der Waals surface area contributed by atoms with E-state index < -0.39 is 40.3 Å². The molecule has 170 valence electrons. The molecule has 9 heteroatoms. The molecule has 2 aliphatic rings. The van der Waals surface area contributed by atoms with Gasteiger partial charge < -0.3 is 14.6 Å². The van der Waals surface area contributed by atoms with E-state index in [1.807, 2.05) is 0 Å². The monoisotopic (exact) mass is 448 g/mol. The smallest absolute Gasteiger partial charge is 0.274 e. The molecule has 0 spiro atoms. The van der Waals surface area contributed by atoms with Gasteiger partial charge in [0.05, 0.1) is 17.6 Å². The van der Waals surface area contributed by atoms with Gasteiger partial charge in [0.25, 0.3) is 5.91 Å². The van der Waals surface area contributed by atoms with E-state index in [9.17, 15) is 32.7 Å². The third-order valence-corrected chi connectivity index (χ3v) is 6.52. The quantitative estimate of drug-likeness (QED) is 0.707. The molecule has 1 aliphatic carbocycles. The van der Waals surface area contributed by atoms with Crippen LogP contribution in [0.2, 0.25) is 0 Å². The van der Waals surface area contributed by atoms with Crippen LogP contribution in [0.15, 0.2) is 23.1 Å². The Kier molecular flexibility index (Phi) is 5.83. The number of fused-ring (bicyclic) bond motifs is 3. The minimum Gasteiger partial charge on any atom is -0.503 e. The van der Waals surface area contributed by atoms with Gasteiger partial charge in [0.1, 0.15) is 17.5 Å². The molecule has 1 aromatic carbocycles. The average molecular weight is 448 g/mol. The van der Waals surface area contributed by atoms with E-state index in [2.05, 4.69) is 0 Å². The Morgan fingerprint density at radius 2 is 1.72 bits per heavy atom. The number of ketones is 1. The Hall–Kier alpha value is -3.10. The lowest BCUT2D eigenvalue weighted by molar-refractivity contribution is 0.0507. The van der Waals surface area contributed by atoms with Crippen LogP contribution >= 0.6 is 0 Å². The molecular weight excluding hydrogens is 425 g/mol. The van der Waals surface area contributed by atoms with Gasteiger partial charge in [-0.15, -0.1) is 0 Å². The number of hydrogen-bond acceptors (Lipinski definition) is 4. The van der Waals surface area contributed by atoms with Crippen molar-refractivity contribution in [3.05, 3.63) is 62.8 Å². The zero-order valence-electron chi connectivity index (χ0n) is 17.5. The summed E-state index contributed by atoms with van der Waals surface area (Å²) in [5.74, 6) is -4.92. The number of likely N-dealkylation sites (N-methyl/N-ethyl adjacent to an activating group) is 1. The second-order valence-corrected chi connectivity index (χ2v) is 8.44. The van der Waals surface area contributed by atoms with E-state index in [1.165, 1.54) is 6.20 Å². The Balaban J connectivity index is 1.60. The molecule has 6 nitrogen and oxygen atoms in total. The molecule has 1 N–H and O–H groups in total. The molecule has 2 atom stereocenters. The predicted molar refractivity (Wildman–Crippen MR) is 109 cm³/mol. The molecule has 1 amide bonds. The third-order valence-electron chi connectivity index (χ3n) is 6.52. The molecule has 0 bridgehead atoms. The molecule has 1 fully saturated rings. The van der Waals surface area contributed by atoms with Crippen molar-refractivity contribution in [1.82, 2.24) is 9.47 Å². The lowest BCUT2D eigenvalue weighted by atomic mass is 9.86. The van der Waals surface area contributed by atoms with Crippen molar-refractivity contribution in [2.24, 2.45) is 0 Å². The minimum absolute atomic E-state index is 0.0218. The van der Waals surface area contributed by atoms with Gasteiger partial charge in [-0.05, 0) is 25.7 Å². The summed E-state index contributed by atoms with van der Waals surface area (Å²) in [6.45, 7) is 0. The summed E-state index contributed by atoms with van der Waals surface area (Å²) in [6.07, 6.45) is 4.42. The summed E-state index contributed by atoms with van der Waals surface area (Å²) in [5.41, 5.74) is -1.64. The van der Waals surface area contributed by atoms with Gasteiger partial charge in [-0.1, -0.05) is 12.8 Å². The first-order valence-corrected chi connectivity index (χ1v) is 10.6. The number of hydrogen-bond donors (Lipinski definition) is 1. The Bertz CT molecular complexity index is 1140. The number of aromatic nitrogens is 1. The van der Waals surface area contributed by atoms with E-state index >= 15 is 0 Å². The first-order valence-electron chi connectivity index (χ1n) is 10.6. The largest absolute Gasteiger partial charge is 0.503 e. The van der Waals surface area contributed by atoms with Gasteiger partial charge in [0.2, 0.25) is 5.43 Å². The van der Waals surface area contributed by atoms with Crippen LogP contribution in [0, 0.1) is 17.5 Å². The van der Waals surface area contributed by atoms with Crippen molar-refractivity contribution < 1.29 is 27.9 Å². The maximum absolute atomic E-state index is 13.8. The number of carbonyl (C=O) groups excluding carboxylic acids is 2. The summed E-state index contributed by atoms with van der Waals surface area (Å²) in [4.78, 5) is 39.7. The fourth-order valence-electron chi connectivity index (χ4n) is 4.85. The highest BCUT2D eigenvalue weighted by molar-refractivity contribution is 6.00. The third kappa shape index (κ3) is 3.69. The molecule has 0 unspecified atom stereocenters. The summed E-state index contributed by atoms with van der Waals surface area (Å²) >= 11 is 0. The van der Waals surface area contributed by atoms with E-state index in [-0.39, 0.29) is 48.2 Å². The van der Waals surface area contributed by atoms with E-state index in [4.69, 9.17) is 0 Å². The lowest BCUT2D eigenvalue weighted by Gasteiger charge is -2.44. The zero-order chi connectivity index (χ0) is 23.2. The fraction of sp³-hybridized carbons (Fsp3) is 0.435. The fourth-order valence-corrected chi connectivity index (χ4v) is 4.85. The second-order valence-electron chi connectivity index (χ2n) is 8.44. The summed E-state index contributed by atoms with van der Waals surface area (Å²) in [6, 6.07) is 0.908. The molecule has 1 aromatic heterocycles. The molecular formula is C23H23F3N2O4. The first-order chi connectivity index (χ1) is 15.2. The van der Waals surface area contributed by atoms with Gasteiger partial charge in [0, 0.05) is 37.4 Å². The highest BCUT2D eigenvalue weighted by atomic mass is 19.1. The van der Waals surface area contributed by atoms with Crippen molar-refractivity contribution in [2.75, 3.05) is 7.05 Å². The normalized spacial score (nSPS) is 20.1. The van der Waals surface area contributed by atoms with Crippen LogP contribution in [0.3, 0.4) is 0 Å². The Labute approximate surface area is 182 Å². The molecule has 4 rings (SSSR count). The van der Waals surface area contributed by atoms with Crippen LogP contribution in [0.25, 0.3) is 0 Å². The number of rotatable bonds is 5. The molecule has 2 aromatic rings. The van der Waals surface area contributed by atoms with E-state index in [1.54, 1.807) is 16.5 Å². The van der Waals surface area contributed by atoms with Crippen LogP contribution in [-0.4, -0.2) is 39.4 Å². The van der Waals surface area contributed by atoms with Gasteiger partial charge in [-0.3, -0.25) is 14.4 Å². The molecule has 0 radical (unpaired) electrons. The van der Waals surface area contributed by atoms with Crippen molar-refractivity contribution in [3.63, 3.8) is 0 Å². The zero-order valence-corrected chi connectivity index (χ0v) is 17.5. The van der Waals surface area contributed by atoms with E-state index in [0.29, 0.717) is 12.1 Å². The van der Waals surface area contributed by atoms with Crippen LogP contribution in [0.4, 0.5) is 13.2 Å². The summed E-state index contributed by atoms with van der Waals surface area (Å²) < 4.78 is 42.2. The maximum atomic E-state index is 13.8. The number of Topliss-reactive ketones (excluding diaryl/α,β-unsaturated/α-hetero) is 1. The SMILES string of the molecule is CN1C(=O)c2c(O)c(=O)c(C(=O)CCCc3c(F)cc(F)cc3F)cn2[C@@H]2CCCC[C@@H]21. The molecule has 32 heavy (non-hydrogen) atoms. The number of amides is 1. The Morgan fingerprint density at radius 1 is 1.09 bits per heavy atom. The highest BCUT2D eigenvalue weighted by Crippen LogP contribution is 2.38. The first kappa shape index (κ1) is 22.1. The lowest BCUT2D eigenvalue weighted by Crippen LogP contribution is -2.51. The number of aromatic hydroxyl groups is 1. The predicted octanol–water partition coefficient (Wildman–Crippen LogP) is 3.75. The highest BCUT2D eigenvalue weighted by Gasteiger charge is 2.41. The van der Waals surface area contributed by atoms with Gasteiger partial charge >= 0.3 is 0 Å². The molecule has 1 aliphatic heterocycles. The number of pyridine rings is 1. The van der Waals surface area contributed by atoms with E-state index in [0.717, 1.165) is 25.7 Å². The maximum Gasteiger partial charge on any atom is 0.274 e. The number of benzene rings is 1. The van der Waals surface area contributed by atoms with Gasteiger partial charge in [0.15, 0.2) is 17.2 Å². The van der Waals surface area contributed by atoms with Crippen molar-refractivity contribution in [3.8, 4) is 5.75 Å². The summed E-state index contributed by atoms with van der Waals surface area (Å²) in [7, 11) is 1.64. The van der Waals surface area contributed by atoms with Crippen LogP contribution in [0.5, 0.6) is 5.75 Å². The van der Waals surface area contributed by atoms with Crippen LogP contribution < -0.4 is 5.43 Å². The van der Waals surface area contributed by atoms with Gasteiger partial charge in [-0.2, -0.15) is 0 Å². The second kappa shape index (κ2) is 8.44. The number of carbonyl (C=O) groups is 2.